The largest absolute Gasteiger partial charge is 0.295 e. The lowest BCUT2D eigenvalue weighted by Crippen LogP contribution is -2.15. The van der Waals surface area contributed by atoms with Crippen LogP contribution in [0.5, 0.6) is 0 Å². The second kappa shape index (κ2) is 5.30. The first-order valence-electron chi connectivity index (χ1n) is 6.81. The average molecular weight is 322 g/mol. The normalized spacial score (nSPS) is 11.1. The van der Waals surface area contributed by atoms with E-state index in [1.54, 1.807) is 6.20 Å². The Hall–Kier alpha value is -3.05. The summed E-state index contributed by atoms with van der Waals surface area (Å²) < 4.78 is 3.24. The molecular formula is C15H10N6OS. The van der Waals surface area contributed by atoms with Gasteiger partial charge in [0.05, 0.1) is 17.4 Å². The van der Waals surface area contributed by atoms with Gasteiger partial charge in [-0.1, -0.05) is 17.8 Å². The molecule has 1 N–H and O–H groups in total. The van der Waals surface area contributed by atoms with Crippen molar-refractivity contribution in [3.05, 3.63) is 64.5 Å². The summed E-state index contributed by atoms with van der Waals surface area (Å²) >= 11 is 1.49. The van der Waals surface area contributed by atoms with Crippen LogP contribution in [0.2, 0.25) is 0 Å². The molecule has 0 aliphatic carbocycles. The third kappa shape index (κ3) is 2.27. The predicted octanol–water partition coefficient (Wildman–Crippen LogP) is 1.83. The number of rotatable bonds is 3. The third-order valence-corrected chi connectivity index (χ3v) is 4.43. The highest BCUT2D eigenvalue weighted by Gasteiger charge is 2.10. The zero-order valence-electron chi connectivity index (χ0n) is 11.8. The maximum Gasteiger partial charge on any atom is 0.272 e. The molecule has 7 nitrogen and oxygen atoms in total. The number of aromatic amines is 1. The molecule has 23 heavy (non-hydrogen) atoms. The Morgan fingerprint density at radius 3 is 3.17 bits per heavy atom. The van der Waals surface area contributed by atoms with Crippen LogP contribution in [-0.4, -0.2) is 24.0 Å². The number of fused-ring (bicyclic) bond motifs is 2. The van der Waals surface area contributed by atoms with Gasteiger partial charge in [0.2, 0.25) is 0 Å². The van der Waals surface area contributed by atoms with Crippen molar-refractivity contribution < 1.29 is 0 Å². The van der Waals surface area contributed by atoms with Gasteiger partial charge in [-0.2, -0.15) is 5.26 Å². The van der Waals surface area contributed by atoms with E-state index in [2.05, 4.69) is 15.1 Å². The number of nitrogens with zero attached hydrogens (tertiary/aromatic N) is 5. The Labute approximate surface area is 134 Å². The van der Waals surface area contributed by atoms with Crippen LogP contribution < -0.4 is 5.56 Å². The van der Waals surface area contributed by atoms with Crippen LogP contribution in [0.3, 0.4) is 0 Å². The van der Waals surface area contributed by atoms with Crippen LogP contribution >= 0.6 is 11.8 Å². The fourth-order valence-corrected chi connectivity index (χ4v) is 3.21. The molecule has 4 heterocycles. The quantitative estimate of drug-likeness (QED) is 0.581. The monoisotopic (exact) mass is 322 g/mol. The Balaban J connectivity index is 1.68. The maximum atomic E-state index is 12.1. The van der Waals surface area contributed by atoms with Crippen molar-refractivity contribution in [2.75, 3.05) is 0 Å². The van der Waals surface area contributed by atoms with Gasteiger partial charge in [-0.05, 0) is 12.1 Å². The number of pyridine rings is 1. The second-order valence-electron chi connectivity index (χ2n) is 4.87. The summed E-state index contributed by atoms with van der Waals surface area (Å²) in [5.41, 5.74) is 2.09. The Morgan fingerprint density at radius 1 is 1.39 bits per heavy atom. The van der Waals surface area contributed by atoms with Gasteiger partial charge in [0.1, 0.15) is 11.6 Å². The highest BCUT2D eigenvalue weighted by atomic mass is 32.2. The first-order valence-corrected chi connectivity index (χ1v) is 7.80. The van der Waals surface area contributed by atoms with Gasteiger partial charge >= 0.3 is 0 Å². The number of hydrogen-bond acceptors (Lipinski definition) is 5. The minimum Gasteiger partial charge on any atom is -0.295 e. The molecule has 0 aliphatic heterocycles. The number of nitriles is 1. The minimum atomic E-state index is -0.236. The third-order valence-electron chi connectivity index (χ3n) is 3.43. The number of H-pyrrole nitrogens is 1. The van der Waals surface area contributed by atoms with Crippen LogP contribution in [0.1, 0.15) is 11.3 Å². The van der Waals surface area contributed by atoms with Gasteiger partial charge in [0, 0.05) is 24.2 Å². The van der Waals surface area contributed by atoms with E-state index in [1.165, 1.54) is 28.5 Å². The number of imidazole rings is 1. The zero-order chi connectivity index (χ0) is 15.8. The van der Waals surface area contributed by atoms with Gasteiger partial charge in [-0.25, -0.2) is 14.5 Å². The van der Waals surface area contributed by atoms with E-state index < -0.39 is 0 Å². The molecule has 0 aromatic carbocycles. The van der Waals surface area contributed by atoms with Crippen molar-refractivity contribution in [2.24, 2.45) is 0 Å². The predicted molar refractivity (Wildman–Crippen MR) is 85.3 cm³/mol. The molecule has 4 aromatic heterocycles. The Kier molecular flexibility index (Phi) is 3.13. The molecule has 4 rings (SSSR count). The molecule has 0 aliphatic rings. The zero-order valence-corrected chi connectivity index (χ0v) is 12.6. The minimum absolute atomic E-state index is 0.236. The van der Waals surface area contributed by atoms with E-state index in [4.69, 9.17) is 5.26 Å². The smallest absolute Gasteiger partial charge is 0.272 e. The lowest BCUT2D eigenvalue weighted by atomic mass is 10.3. The number of thioether (sulfide) groups is 1. The van der Waals surface area contributed by atoms with Gasteiger partial charge in [-0.15, -0.1) is 0 Å². The molecule has 0 saturated carbocycles. The second-order valence-corrected chi connectivity index (χ2v) is 5.81. The first-order chi connectivity index (χ1) is 11.3. The van der Waals surface area contributed by atoms with Gasteiger partial charge < -0.3 is 0 Å². The SMILES string of the molecule is N#Cc1c[nH]n2c(=O)cc(CSc3ncc4ccccn34)nc12. The summed E-state index contributed by atoms with van der Waals surface area (Å²) in [6, 6.07) is 9.36. The summed E-state index contributed by atoms with van der Waals surface area (Å²) in [4.78, 5) is 20.8. The Morgan fingerprint density at radius 2 is 2.30 bits per heavy atom. The van der Waals surface area contributed by atoms with Crippen LogP contribution in [0, 0.1) is 11.3 Å². The van der Waals surface area contributed by atoms with Crippen molar-refractivity contribution in [3.8, 4) is 6.07 Å². The average Bonchev–Trinajstić information content (AvgIpc) is 3.17. The molecule has 8 heteroatoms. The van der Waals surface area contributed by atoms with Crippen molar-refractivity contribution in [1.29, 1.82) is 5.26 Å². The van der Waals surface area contributed by atoms with Crippen molar-refractivity contribution in [1.82, 2.24) is 24.0 Å². The molecule has 0 spiro atoms. The summed E-state index contributed by atoms with van der Waals surface area (Å²) in [5, 5.41) is 12.6. The molecule has 4 aromatic rings. The van der Waals surface area contributed by atoms with Crippen LogP contribution in [0.4, 0.5) is 0 Å². The lowest BCUT2D eigenvalue weighted by molar-refractivity contribution is 0.887. The molecule has 0 unspecified atom stereocenters. The van der Waals surface area contributed by atoms with Gasteiger partial charge in [0.25, 0.3) is 5.56 Å². The number of hydrogen-bond donors (Lipinski definition) is 1. The van der Waals surface area contributed by atoms with Gasteiger partial charge in [-0.3, -0.25) is 14.3 Å². The van der Waals surface area contributed by atoms with E-state index >= 15 is 0 Å². The fraction of sp³-hybridized carbons (Fsp3) is 0.0667. The first kappa shape index (κ1) is 13.6. The summed E-state index contributed by atoms with van der Waals surface area (Å²) in [6.07, 6.45) is 5.21. The van der Waals surface area contributed by atoms with Crippen molar-refractivity contribution >= 4 is 22.9 Å². The van der Waals surface area contributed by atoms with E-state index in [0.29, 0.717) is 22.7 Å². The van der Waals surface area contributed by atoms with Gasteiger partial charge in [0.15, 0.2) is 10.8 Å². The number of aromatic nitrogens is 5. The fourth-order valence-electron chi connectivity index (χ4n) is 2.35. The van der Waals surface area contributed by atoms with Crippen molar-refractivity contribution in [2.45, 2.75) is 10.9 Å². The molecule has 0 saturated heterocycles. The maximum absolute atomic E-state index is 12.1. The number of nitrogens with one attached hydrogen (secondary N) is 1. The highest BCUT2D eigenvalue weighted by Crippen LogP contribution is 2.21. The van der Waals surface area contributed by atoms with Crippen molar-refractivity contribution in [3.63, 3.8) is 0 Å². The molecule has 0 atom stereocenters. The Bertz CT molecular complexity index is 1120. The summed E-state index contributed by atoms with van der Waals surface area (Å²) in [7, 11) is 0. The van der Waals surface area contributed by atoms with Crippen LogP contribution in [0.25, 0.3) is 11.2 Å². The van der Waals surface area contributed by atoms with Crippen LogP contribution in [0.15, 0.2) is 52.8 Å². The van der Waals surface area contributed by atoms with E-state index in [1.807, 2.05) is 34.9 Å². The summed E-state index contributed by atoms with van der Waals surface area (Å²) in [6.45, 7) is 0. The lowest BCUT2D eigenvalue weighted by Gasteiger charge is -2.02. The molecule has 112 valence electrons. The summed E-state index contributed by atoms with van der Waals surface area (Å²) in [5.74, 6) is 0.496. The molecule has 0 fully saturated rings. The standard InChI is InChI=1S/C15H10N6OS/c16-6-10-7-18-21-13(22)5-11(19-14(10)21)9-23-15-17-8-12-3-1-2-4-20(12)15/h1-5,7-8,18H,9H2. The van der Waals surface area contributed by atoms with E-state index in [0.717, 1.165) is 10.7 Å². The highest BCUT2D eigenvalue weighted by molar-refractivity contribution is 7.98. The van der Waals surface area contributed by atoms with E-state index in [9.17, 15) is 4.79 Å². The molecule has 0 radical (unpaired) electrons. The molecule has 0 bridgehead atoms. The van der Waals surface area contributed by atoms with E-state index in [-0.39, 0.29) is 5.56 Å². The molecule has 0 amide bonds. The van der Waals surface area contributed by atoms with Crippen LogP contribution in [-0.2, 0) is 5.75 Å². The topological polar surface area (TPSA) is 91.2 Å². The molecular weight excluding hydrogens is 312 g/mol.